The fourth-order valence-electron chi connectivity index (χ4n) is 0.928. The van der Waals surface area contributed by atoms with Gasteiger partial charge in [0.2, 0.25) is 0 Å². The van der Waals surface area contributed by atoms with Crippen LogP contribution in [0, 0.1) is 70.1 Å². The van der Waals surface area contributed by atoms with Crippen LogP contribution in [-0.4, -0.2) is 30.0 Å². The van der Waals surface area contributed by atoms with E-state index >= 15 is 0 Å². The first-order valence-electron chi connectivity index (χ1n) is 7.18. The summed E-state index contributed by atoms with van der Waals surface area (Å²) < 4.78 is 57.5. The molecular formula is C17H21F3O5SV+4. The van der Waals surface area contributed by atoms with Crippen LogP contribution in [0.5, 0.6) is 0 Å². The van der Waals surface area contributed by atoms with Crippen LogP contribution in [0.1, 0.15) is 20.8 Å². The average molecular weight is 445 g/mol. The van der Waals surface area contributed by atoms with Crippen LogP contribution in [0.2, 0.25) is 0 Å². The zero-order valence-electron chi connectivity index (χ0n) is 14.9. The fraction of sp³-hybridized carbons (Fsp3) is 0.294. The van der Waals surface area contributed by atoms with Gasteiger partial charge in [-0.3, -0.25) is 14.1 Å². The smallest absolute Gasteiger partial charge is 0.299 e. The number of Topliss-reactive ketones (excluding diaryl/α,β-unsaturated/α-hetero) is 2. The molecule has 0 spiro atoms. The maximum atomic E-state index is 10.7. The molecule has 0 amide bonds. The molecule has 0 unspecified atom stereocenters. The van der Waals surface area contributed by atoms with Crippen LogP contribution in [0.15, 0.2) is 0 Å². The summed E-state index contributed by atoms with van der Waals surface area (Å²) in [7, 11) is -5.84. The van der Waals surface area contributed by atoms with Crippen LogP contribution >= 0.6 is 0 Å². The van der Waals surface area contributed by atoms with Crippen molar-refractivity contribution in [2.45, 2.75) is 26.3 Å². The molecule has 0 heterocycles. The Labute approximate surface area is 172 Å². The van der Waals surface area contributed by atoms with E-state index < -0.39 is 21.5 Å². The third-order valence-electron chi connectivity index (χ3n) is 2.62. The molecular weight excluding hydrogens is 424 g/mol. The van der Waals surface area contributed by atoms with Gasteiger partial charge in [0.25, 0.3) is 0 Å². The summed E-state index contributed by atoms with van der Waals surface area (Å²) in [4.78, 5) is 20.7. The Morgan fingerprint density at radius 1 is 0.778 bits per heavy atom. The van der Waals surface area contributed by atoms with Gasteiger partial charge >= 0.3 is 34.2 Å². The minimum atomic E-state index is -5.84. The van der Waals surface area contributed by atoms with Crippen LogP contribution in [0.4, 0.5) is 13.2 Å². The molecule has 2 rings (SSSR count). The Morgan fingerprint density at radius 3 is 0.963 bits per heavy atom. The number of hydrogen-bond acceptors (Lipinski definition) is 4. The van der Waals surface area contributed by atoms with Gasteiger partial charge < -0.3 is 0 Å². The van der Waals surface area contributed by atoms with E-state index in [0.29, 0.717) is 0 Å². The number of halogens is 3. The van der Waals surface area contributed by atoms with E-state index in [-0.39, 0.29) is 30.1 Å². The zero-order chi connectivity index (χ0) is 20.8. The summed E-state index contributed by atoms with van der Waals surface area (Å²) in [5.41, 5.74) is -5.53. The molecule has 2 saturated carbocycles. The molecule has 0 aromatic heterocycles. The predicted octanol–water partition coefficient (Wildman–Crippen LogP) is 3.23. The molecule has 0 aliphatic heterocycles. The molecule has 0 saturated heterocycles. The Kier molecular flexibility index (Phi) is 19.2. The largest absolute Gasteiger partial charge is 4.00 e. The van der Waals surface area contributed by atoms with E-state index in [1.54, 1.807) is 6.92 Å². The molecule has 0 aromatic carbocycles. The summed E-state index contributed by atoms with van der Waals surface area (Å²) in [5.74, 6) is -0.523. The van der Waals surface area contributed by atoms with Gasteiger partial charge in [-0.05, 0) is 85.0 Å². The van der Waals surface area contributed by atoms with Crippen LogP contribution in [0.3, 0.4) is 0 Å². The van der Waals surface area contributed by atoms with Gasteiger partial charge in [0.15, 0.2) is 0 Å². The van der Waals surface area contributed by atoms with Crippen molar-refractivity contribution in [3.8, 4) is 0 Å². The predicted molar refractivity (Wildman–Crippen MR) is 91.1 cm³/mol. The quantitative estimate of drug-likeness (QED) is 0.401. The van der Waals surface area contributed by atoms with Gasteiger partial charge in [0, 0.05) is 0 Å². The molecule has 0 atom stereocenters. The molecule has 10 heteroatoms. The second kappa shape index (κ2) is 16.6. The van der Waals surface area contributed by atoms with E-state index in [9.17, 15) is 22.8 Å². The van der Waals surface area contributed by atoms with Gasteiger partial charge in [-0.25, -0.2) is 0 Å². The van der Waals surface area contributed by atoms with Gasteiger partial charge in [-0.2, -0.15) is 21.6 Å². The summed E-state index contributed by atoms with van der Waals surface area (Å²) in [5, 5.41) is 0. The Bertz CT molecular complexity index is 460. The average Bonchev–Trinajstić information content (AvgIpc) is 3.22. The molecule has 1 N–H and O–H groups in total. The number of rotatable bonds is 2. The van der Waals surface area contributed by atoms with Crippen molar-refractivity contribution in [3.63, 3.8) is 0 Å². The molecule has 5 nitrogen and oxygen atoms in total. The maximum Gasteiger partial charge on any atom is 4.00 e. The third-order valence-corrected chi connectivity index (χ3v) is 3.21. The number of carbonyl (C=O) groups is 2. The fourth-order valence-corrected chi connectivity index (χ4v) is 0.928. The normalized spacial score (nSPS) is 15.9. The van der Waals surface area contributed by atoms with Gasteiger partial charge in [0.1, 0.15) is 11.6 Å². The first kappa shape index (κ1) is 31.3. The molecule has 2 aliphatic rings. The summed E-state index contributed by atoms with van der Waals surface area (Å²) in [6.07, 6.45) is 20.0. The van der Waals surface area contributed by atoms with Gasteiger partial charge in [-0.15, -0.1) is 0 Å². The topological polar surface area (TPSA) is 88.5 Å². The maximum absolute atomic E-state index is 10.7. The first-order valence-corrected chi connectivity index (χ1v) is 8.62. The van der Waals surface area contributed by atoms with Crippen molar-refractivity contribution < 1.29 is 54.3 Å². The minimum absolute atomic E-state index is 0. The summed E-state index contributed by atoms with van der Waals surface area (Å²) >= 11 is 0. The van der Waals surface area contributed by atoms with Crippen molar-refractivity contribution in [1.82, 2.24) is 0 Å². The molecule has 2 fully saturated rings. The molecule has 147 valence electrons. The van der Waals surface area contributed by atoms with Crippen LogP contribution < -0.4 is 0 Å². The Balaban J connectivity index is -0.000000286. The number of ketones is 2. The number of hydrogen-bond donors (Lipinski definition) is 1. The Hall–Kier alpha value is -0.376. The standard InChI is InChI=1S/C6H10O2.2C5H5.CHF3O3S.V/c1-4(5(2)7)6(3)8;2*1-2-4-5-3-1;2-1(3,4)8(5,6)7;/h4H,1-3H3;2*1-5H;(H,5,6,7);/q;;;;+4. The third kappa shape index (κ3) is 20.2. The second-order valence-corrected chi connectivity index (χ2v) is 6.20. The van der Waals surface area contributed by atoms with Gasteiger partial charge in [0.05, 0.1) is 5.92 Å². The SMILES string of the molecule is CC(=O)C(C)C(C)=O.O=S(=O)(O)C(F)(F)F.[CH]1[CH][CH][CH][CH]1.[CH]1[CH][CH][CH][CH]1.[V+4]. The molecule has 0 bridgehead atoms. The van der Waals surface area contributed by atoms with E-state index in [0.717, 1.165) is 0 Å². The van der Waals surface area contributed by atoms with Crippen molar-refractivity contribution in [2.24, 2.45) is 5.92 Å². The molecule has 27 heavy (non-hydrogen) atoms. The molecule has 0 aromatic rings. The monoisotopic (exact) mass is 445 g/mol. The van der Waals surface area contributed by atoms with Crippen molar-refractivity contribution in [3.05, 3.63) is 64.2 Å². The minimum Gasteiger partial charge on any atom is -0.299 e. The molecule has 2 aliphatic carbocycles. The number of alkyl halides is 3. The molecule has 11 radical (unpaired) electrons. The first-order chi connectivity index (χ1) is 11.8. The van der Waals surface area contributed by atoms with E-state index in [1.807, 2.05) is 64.2 Å². The number of carbonyl (C=O) groups excluding carboxylic acids is 2. The van der Waals surface area contributed by atoms with Crippen molar-refractivity contribution in [1.29, 1.82) is 0 Å². The second-order valence-electron chi connectivity index (χ2n) is 4.79. The Morgan fingerprint density at radius 2 is 0.926 bits per heavy atom. The summed E-state index contributed by atoms with van der Waals surface area (Å²) in [6, 6.07) is 0. The van der Waals surface area contributed by atoms with Gasteiger partial charge in [-0.1, -0.05) is 0 Å². The zero-order valence-corrected chi connectivity index (χ0v) is 17.1. The summed E-state index contributed by atoms with van der Waals surface area (Å²) in [6.45, 7) is 4.46. The van der Waals surface area contributed by atoms with Crippen LogP contribution in [-0.2, 0) is 38.3 Å². The van der Waals surface area contributed by atoms with Crippen LogP contribution in [0.25, 0.3) is 0 Å². The van der Waals surface area contributed by atoms with Crippen molar-refractivity contribution in [2.75, 3.05) is 0 Å². The van der Waals surface area contributed by atoms with E-state index in [4.69, 9.17) is 13.0 Å². The van der Waals surface area contributed by atoms with E-state index in [2.05, 4.69) is 0 Å². The van der Waals surface area contributed by atoms with E-state index in [1.165, 1.54) is 13.8 Å². The van der Waals surface area contributed by atoms with Crippen molar-refractivity contribution >= 4 is 21.7 Å².